The van der Waals surface area contributed by atoms with Crippen molar-refractivity contribution in [2.45, 2.75) is 26.9 Å². The zero-order valence-corrected chi connectivity index (χ0v) is 23.9. The zero-order valence-electron chi connectivity index (χ0n) is 18.0. The number of halogens is 3. The monoisotopic (exact) mass is 727 g/mol. The van der Waals surface area contributed by atoms with Crippen molar-refractivity contribution in [3.05, 3.63) is 99.1 Å². The van der Waals surface area contributed by atoms with Gasteiger partial charge in [0, 0.05) is 10.9 Å². The van der Waals surface area contributed by atoms with Crippen LogP contribution in [-0.2, 0) is 13.0 Å². The average molecular weight is 728 g/mol. The summed E-state index contributed by atoms with van der Waals surface area (Å²) in [5, 5.41) is 5.03. The first-order valence-corrected chi connectivity index (χ1v) is 13.2. The van der Waals surface area contributed by atoms with E-state index in [9.17, 15) is 4.79 Å². The largest absolute Gasteiger partial charge is 0.487 e. The molecule has 0 saturated carbocycles. The van der Waals surface area contributed by atoms with Gasteiger partial charge in [-0.2, -0.15) is 9.78 Å². The Morgan fingerprint density at radius 1 is 1.12 bits per heavy atom. The molecule has 33 heavy (non-hydrogen) atoms. The number of hydrogen-bond donors (Lipinski definition) is 0. The maximum atomic E-state index is 13.1. The van der Waals surface area contributed by atoms with Gasteiger partial charge in [0.25, 0.3) is 5.56 Å². The quantitative estimate of drug-likeness (QED) is 0.164. The molecule has 1 heterocycles. The van der Waals surface area contributed by atoms with Gasteiger partial charge in [-0.15, -0.1) is 0 Å². The summed E-state index contributed by atoms with van der Waals surface area (Å²) >= 11 is 7.98. The predicted molar refractivity (Wildman–Crippen MR) is 153 cm³/mol. The van der Waals surface area contributed by atoms with Crippen LogP contribution < -0.4 is 10.3 Å². The highest BCUT2D eigenvalue weighted by Crippen LogP contribution is 2.29. The summed E-state index contributed by atoms with van der Waals surface area (Å²) in [6.07, 6.45) is 2.29. The average Bonchev–Trinajstić information content (AvgIpc) is 2.78. The van der Waals surface area contributed by atoms with Crippen LogP contribution in [0.3, 0.4) is 0 Å². The van der Waals surface area contributed by atoms with E-state index in [0.717, 1.165) is 28.5 Å². The van der Waals surface area contributed by atoms with Crippen molar-refractivity contribution in [3.8, 4) is 5.75 Å². The van der Waals surface area contributed by atoms with Crippen LogP contribution in [0.4, 0.5) is 0 Å². The third kappa shape index (κ3) is 5.65. The number of fused-ring (bicyclic) bond motifs is 1. The number of aromatic nitrogens is 2. The van der Waals surface area contributed by atoms with Gasteiger partial charge in [-0.1, -0.05) is 52.7 Å². The zero-order chi connectivity index (χ0) is 23.5. The molecule has 0 unspecified atom stereocenters. The van der Waals surface area contributed by atoms with Gasteiger partial charge in [-0.05, 0) is 93.6 Å². The minimum atomic E-state index is -0.183. The Labute approximate surface area is 227 Å². The summed E-state index contributed by atoms with van der Waals surface area (Å²) in [5.41, 5.74) is 3.72. The molecule has 0 fully saturated rings. The molecular formula is C25H20BrI2N3O2. The second kappa shape index (κ2) is 10.6. The Morgan fingerprint density at radius 3 is 2.58 bits per heavy atom. The van der Waals surface area contributed by atoms with E-state index in [-0.39, 0.29) is 5.56 Å². The van der Waals surface area contributed by atoms with Gasteiger partial charge in [0.1, 0.15) is 18.2 Å². The van der Waals surface area contributed by atoms with Crippen LogP contribution in [0.15, 0.2) is 69.0 Å². The van der Waals surface area contributed by atoms with Gasteiger partial charge in [-0.3, -0.25) is 4.79 Å². The van der Waals surface area contributed by atoms with Gasteiger partial charge >= 0.3 is 0 Å². The highest BCUT2D eigenvalue weighted by Gasteiger charge is 2.11. The summed E-state index contributed by atoms with van der Waals surface area (Å²) < 4.78 is 10.3. The molecular weight excluding hydrogens is 708 g/mol. The predicted octanol–water partition coefficient (Wildman–Crippen LogP) is 6.70. The molecule has 0 aliphatic heterocycles. The third-order valence-electron chi connectivity index (χ3n) is 5.00. The van der Waals surface area contributed by atoms with Crippen molar-refractivity contribution in [1.82, 2.24) is 9.66 Å². The van der Waals surface area contributed by atoms with Crippen LogP contribution in [0.5, 0.6) is 5.75 Å². The van der Waals surface area contributed by atoms with E-state index in [1.807, 2.05) is 37.3 Å². The molecule has 168 valence electrons. The highest BCUT2D eigenvalue weighted by molar-refractivity contribution is 14.1. The Hall–Kier alpha value is -1.79. The van der Waals surface area contributed by atoms with Gasteiger partial charge in [0.15, 0.2) is 0 Å². The van der Waals surface area contributed by atoms with Crippen LogP contribution in [0, 0.1) is 14.1 Å². The van der Waals surface area contributed by atoms with Crippen molar-refractivity contribution in [3.63, 3.8) is 0 Å². The Bertz CT molecular complexity index is 1410. The fourth-order valence-corrected chi connectivity index (χ4v) is 5.91. The number of hydrogen-bond acceptors (Lipinski definition) is 4. The maximum Gasteiger partial charge on any atom is 0.282 e. The van der Waals surface area contributed by atoms with Crippen molar-refractivity contribution in [2.24, 2.45) is 5.10 Å². The lowest BCUT2D eigenvalue weighted by molar-refractivity contribution is 0.301. The molecule has 0 N–H and O–H groups in total. The lowest BCUT2D eigenvalue weighted by Crippen LogP contribution is -2.22. The molecule has 4 aromatic rings. The van der Waals surface area contributed by atoms with E-state index < -0.39 is 0 Å². The molecule has 0 aliphatic rings. The highest BCUT2D eigenvalue weighted by atomic mass is 127. The van der Waals surface area contributed by atoms with Gasteiger partial charge in [-0.25, -0.2) is 4.98 Å². The minimum Gasteiger partial charge on any atom is -0.487 e. The molecule has 0 radical (unpaired) electrons. The van der Waals surface area contributed by atoms with Crippen LogP contribution >= 0.6 is 61.1 Å². The van der Waals surface area contributed by atoms with Gasteiger partial charge in [0.05, 0.1) is 24.3 Å². The number of aryl methyl sites for hydroxylation is 2. The second-order valence-corrected chi connectivity index (χ2v) is 10.7. The normalized spacial score (nSPS) is 11.4. The molecule has 0 saturated heterocycles. The smallest absolute Gasteiger partial charge is 0.282 e. The molecule has 0 spiro atoms. The molecule has 0 atom stereocenters. The molecule has 4 rings (SSSR count). The van der Waals surface area contributed by atoms with Gasteiger partial charge in [0.2, 0.25) is 0 Å². The van der Waals surface area contributed by atoms with E-state index in [1.165, 1.54) is 10.2 Å². The molecule has 0 bridgehead atoms. The Balaban J connectivity index is 1.63. The first kappa shape index (κ1) is 24.3. The van der Waals surface area contributed by atoms with Crippen molar-refractivity contribution in [2.75, 3.05) is 0 Å². The fourth-order valence-electron chi connectivity index (χ4n) is 3.42. The first-order chi connectivity index (χ1) is 15.9. The van der Waals surface area contributed by atoms with E-state index >= 15 is 0 Å². The maximum absolute atomic E-state index is 13.1. The summed E-state index contributed by atoms with van der Waals surface area (Å²) in [6, 6.07) is 17.8. The van der Waals surface area contributed by atoms with E-state index in [1.54, 1.807) is 12.3 Å². The van der Waals surface area contributed by atoms with Crippen molar-refractivity contribution < 1.29 is 4.74 Å². The van der Waals surface area contributed by atoms with E-state index in [2.05, 4.69) is 96.3 Å². The van der Waals surface area contributed by atoms with Crippen molar-refractivity contribution in [1.29, 1.82) is 0 Å². The van der Waals surface area contributed by atoms with Crippen LogP contribution in [-0.4, -0.2) is 15.9 Å². The molecule has 0 amide bonds. The summed E-state index contributed by atoms with van der Waals surface area (Å²) in [4.78, 5) is 17.7. The number of benzene rings is 3. The van der Waals surface area contributed by atoms with Gasteiger partial charge < -0.3 is 4.74 Å². The molecule has 0 aliphatic carbocycles. The standard InChI is InChI=1S/C25H20BrI2N3O2/c1-3-23-30-22-8-7-18(26)12-19(22)25(32)31(23)29-13-17-10-20(27)24(21(28)11-17)33-14-16-6-4-5-15(2)9-16/h4-13H,3,14H2,1-2H3. The molecule has 5 nitrogen and oxygen atoms in total. The van der Waals surface area contributed by atoms with Crippen LogP contribution in [0.1, 0.15) is 29.4 Å². The summed E-state index contributed by atoms with van der Waals surface area (Å²) in [6.45, 7) is 4.55. The van der Waals surface area contributed by atoms with Crippen LogP contribution in [0.2, 0.25) is 0 Å². The SMILES string of the molecule is CCc1nc2ccc(Br)cc2c(=O)n1N=Cc1cc(I)c(OCc2cccc(C)c2)c(I)c1. The van der Waals surface area contributed by atoms with Crippen LogP contribution in [0.25, 0.3) is 10.9 Å². The summed E-state index contributed by atoms with van der Waals surface area (Å²) in [7, 11) is 0. The van der Waals surface area contributed by atoms with Crippen molar-refractivity contribution >= 4 is 78.2 Å². The molecule has 1 aromatic heterocycles. The lowest BCUT2D eigenvalue weighted by atomic mass is 10.1. The Morgan fingerprint density at radius 2 is 1.88 bits per heavy atom. The van der Waals surface area contributed by atoms with E-state index in [4.69, 9.17) is 4.74 Å². The topological polar surface area (TPSA) is 56.5 Å². The molecule has 8 heteroatoms. The minimum absolute atomic E-state index is 0.183. The second-order valence-electron chi connectivity index (χ2n) is 7.50. The fraction of sp³-hybridized carbons (Fsp3) is 0.160. The first-order valence-electron chi connectivity index (χ1n) is 10.3. The Kier molecular flexibility index (Phi) is 7.85. The van der Waals surface area contributed by atoms with E-state index in [0.29, 0.717) is 29.8 Å². The summed E-state index contributed by atoms with van der Waals surface area (Å²) in [5.74, 6) is 1.46. The number of ether oxygens (including phenoxy) is 1. The lowest BCUT2D eigenvalue weighted by Gasteiger charge is -2.12. The number of nitrogens with zero attached hydrogens (tertiary/aromatic N) is 3. The molecule has 3 aromatic carbocycles. The number of rotatable bonds is 6. The third-order valence-corrected chi connectivity index (χ3v) is 7.10.